The maximum absolute atomic E-state index is 15.0. The van der Waals surface area contributed by atoms with Crippen molar-refractivity contribution in [1.82, 2.24) is 9.97 Å². The number of aryl methyl sites for hydroxylation is 1. The molecule has 0 fully saturated rings. The minimum atomic E-state index is -4.88. The molecule has 1 aliphatic rings. The highest BCUT2D eigenvalue weighted by atomic mass is 19.4. The Labute approximate surface area is 191 Å². The molecule has 7 nitrogen and oxygen atoms in total. The standard InChI is InChI=1S/C22H19F5N4O3/c1-3-4-33-18-10-29-15(9-30-18)16(32)7-13-5-12(2)19(24)14(6-13)21(11-23)8-17(22(25,26)27)34-20(28)31-21/h1,5-6,9-10,17H,4,7-8,11H2,2H3,(H2,28,31)/t17-,21+/m0/s1. The second-order valence-corrected chi connectivity index (χ2v) is 7.57. The average molecular weight is 482 g/mol. The first kappa shape index (κ1) is 24.9. The summed E-state index contributed by atoms with van der Waals surface area (Å²) in [5, 5.41) is 0. The van der Waals surface area contributed by atoms with Crippen LogP contribution in [0.1, 0.15) is 33.6 Å². The molecular formula is C22H19F5N4O3. The molecule has 0 radical (unpaired) electrons. The molecule has 2 N–H and O–H groups in total. The molecule has 0 spiro atoms. The Morgan fingerprint density at radius 3 is 2.68 bits per heavy atom. The molecule has 0 aliphatic carbocycles. The number of aliphatic imine (C=N–C) groups is 1. The Balaban J connectivity index is 1.93. The molecule has 1 aromatic carbocycles. The summed E-state index contributed by atoms with van der Waals surface area (Å²) in [6, 6.07) is 1.52. The molecular weight excluding hydrogens is 463 g/mol. The lowest BCUT2D eigenvalue weighted by atomic mass is 9.82. The number of rotatable bonds is 7. The van der Waals surface area contributed by atoms with Gasteiger partial charge in [-0.3, -0.25) is 4.79 Å². The van der Waals surface area contributed by atoms with E-state index >= 15 is 4.39 Å². The van der Waals surface area contributed by atoms with Crippen LogP contribution in [0.5, 0.6) is 5.88 Å². The van der Waals surface area contributed by atoms with E-state index in [9.17, 15) is 22.4 Å². The topological polar surface area (TPSA) is 99.7 Å². The van der Waals surface area contributed by atoms with Crippen molar-refractivity contribution in [3.05, 3.63) is 52.7 Å². The number of benzene rings is 1. The molecule has 0 amide bonds. The lowest BCUT2D eigenvalue weighted by Crippen LogP contribution is -2.48. The molecule has 180 valence electrons. The number of aromatic nitrogens is 2. The van der Waals surface area contributed by atoms with Crippen molar-refractivity contribution in [2.75, 3.05) is 13.3 Å². The van der Waals surface area contributed by atoms with Crippen LogP contribution in [0.25, 0.3) is 0 Å². The van der Waals surface area contributed by atoms with Crippen molar-refractivity contribution < 1.29 is 36.2 Å². The quantitative estimate of drug-likeness (QED) is 0.370. The highest BCUT2D eigenvalue weighted by Gasteiger charge is 2.52. The Kier molecular flexibility index (Phi) is 7.04. The monoisotopic (exact) mass is 482 g/mol. The summed E-state index contributed by atoms with van der Waals surface area (Å²) >= 11 is 0. The van der Waals surface area contributed by atoms with Crippen LogP contribution < -0.4 is 10.5 Å². The number of alkyl halides is 4. The average Bonchev–Trinajstić information content (AvgIpc) is 2.79. The highest BCUT2D eigenvalue weighted by Crippen LogP contribution is 2.42. The molecule has 0 saturated heterocycles. The lowest BCUT2D eigenvalue weighted by molar-refractivity contribution is -0.209. The van der Waals surface area contributed by atoms with Crippen LogP contribution >= 0.6 is 0 Å². The largest absolute Gasteiger partial charge is 0.463 e. The van der Waals surface area contributed by atoms with Gasteiger partial charge in [0.2, 0.25) is 5.88 Å². The Morgan fingerprint density at radius 1 is 1.35 bits per heavy atom. The minimum Gasteiger partial charge on any atom is -0.463 e. The van der Waals surface area contributed by atoms with Crippen LogP contribution in [0.4, 0.5) is 22.0 Å². The number of halogens is 5. The molecule has 2 heterocycles. The fraction of sp³-hybridized carbons (Fsp3) is 0.364. The van der Waals surface area contributed by atoms with Crippen LogP contribution in [0.2, 0.25) is 0 Å². The smallest absolute Gasteiger partial charge is 0.425 e. The molecule has 3 rings (SSSR count). The molecule has 0 saturated carbocycles. The fourth-order valence-electron chi connectivity index (χ4n) is 3.50. The summed E-state index contributed by atoms with van der Waals surface area (Å²) in [4.78, 5) is 24.2. The van der Waals surface area contributed by atoms with E-state index in [1.807, 2.05) is 0 Å². The van der Waals surface area contributed by atoms with Crippen molar-refractivity contribution in [3.63, 3.8) is 0 Å². The van der Waals surface area contributed by atoms with E-state index in [2.05, 4.69) is 25.6 Å². The number of Topliss-reactive ketones (excluding diaryl/α,β-unsaturated/α-hetero) is 1. The van der Waals surface area contributed by atoms with Crippen LogP contribution in [-0.4, -0.2) is 47.3 Å². The van der Waals surface area contributed by atoms with E-state index in [0.29, 0.717) is 0 Å². The van der Waals surface area contributed by atoms with Gasteiger partial charge in [-0.05, 0) is 24.1 Å². The van der Waals surface area contributed by atoms with Crippen molar-refractivity contribution in [1.29, 1.82) is 0 Å². The van der Waals surface area contributed by atoms with Gasteiger partial charge < -0.3 is 15.2 Å². The number of nitrogens with zero attached hydrogens (tertiary/aromatic N) is 3. The van der Waals surface area contributed by atoms with Gasteiger partial charge >= 0.3 is 6.18 Å². The van der Waals surface area contributed by atoms with Gasteiger partial charge in [-0.25, -0.2) is 23.7 Å². The van der Waals surface area contributed by atoms with E-state index in [1.165, 1.54) is 19.2 Å². The van der Waals surface area contributed by atoms with E-state index in [4.69, 9.17) is 16.9 Å². The maximum Gasteiger partial charge on any atom is 0.425 e. The molecule has 0 bridgehead atoms. The van der Waals surface area contributed by atoms with Crippen LogP contribution in [0.15, 0.2) is 29.5 Å². The molecule has 2 atom stereocenters. The zero-order valence-electron chi connectivity index (χ0n) is 17.8. The van der Waals surface area contributed by atoms with Gasteiger partial charge in [-0.15, -0.1) is 6.42 Å². The summed E-state index contributed by atoms with van der Waals surface area (Å²) in [5.74, 6) is 0.875. The van der Waals surface area contributed by atoms with Gasteiger partial charge in [-0.2, -0.15) is 13.2 Å². The number of ether oxygens (including phenoxy) is 2. The fourth-order valence-corrected chi connectivity index (χ4v) is 3.50. The van der Waals surface area contributed by atoms with Crippen LogP contribution in [-0.2, 0) is 16.7 Å². The van der Waals surface area contributed by atoms with Gasteiger partial charge in [0.25, 0.3) is 6.02 Å². The number of carbonyl (C=O) groups excluding carboxylic acids is 1. The normalized spacial score (nSPS) is 20.1. The number of amidine groups is 1. The van der Waals surface area contributed by atoms with Crippen molar-refractivity contribution in [3.8, 4) is 18.2 Å². The first-order chi connectivity index (χ1) is 16.0. The highest BCUT2D eigenvalue weighted by molar-refractivity contribution is 5.95. The van der Waals surface area contributed by atoms with Gasteiger partial charge in [-0.1, -0.05) is 12.0 Å². The Bertz CT molecular complexity index is 1140. The van der Waals surface area contributed by atoms with Gasteiger partial charge in [0, 0.05) is 18.4 Å². The van der Waals surface area contributed by atoms with Crippen LogP contribution in [0, 0.1) is 25.1 Å². The third kappa shape index (κ3) is 5.24. The third-order valence-corrected chi connectivity index (χ3v) is 5.09. The zero-order valence-corrected chi connectivity index (χ0v) is 17.8. The number of carbonyl (C=O) groups is 1. The van der Waals surface area contributed by atoms with Crippen molar-refractivity contribution in [2.45, 2.75) is 37.6 Å². The predicted octanol–water partition coefficient (Wildman–Crippen LogP) is 3.19. The number of nitrogens with two attached hydrogens (primary N) is 1. The van der Waals surface area contributed by atoms with Gasteiger partial charge in [0.05, 0.1) is 12.4 Å². The van der Waals surface area contributed by atoms with Crippen molar-refractivity contribution >= 4 is 11.8 Å². The number of hydrogen-bond donors (Lipinski definition) is 1. The van der Waals surface area contributed by atoms with E-state index in [1.54, 1.807) is 0 Å². The maximum atomic E-state index is 15.0. The summed E-state index contributed by atoms with van der Waals surface area (Å²) in [6.45, 7) is -0.172. The second-order valence-electron chi connectivity index (χ2n) is 7.57. The molecule has 2 aromatic rings. The van der Waals surface area contributed by atoms with E-state index in [0.717, 1.165) is 12.3 Å². The third-order valence-electron chi connectivity index (χ3n) is 5.09. The molecule has 1 aromatic heterocycles. The number of hydrogen-bond acceptors (Lipinski definition) is 7. The Morgan fingerprint density at radius 2 is 2.09 bits per heavy atom. The van der Waals surface area contributed by atoms with Gasteiger partial charge in [0.1, 0.15) is 23.7 Å². The number of ketones is 1. The molecule has 12 heteroatoms. The molecule has 0 unspecified atom stereocenters. The minimum absolute atomic E-state index is 0.0129. The van der Waals surface area contributed by atoms with E-state index < -0.39 is 54.1 Å². The number of terminal acetylenes is 1. The second kappa shape index (κ2) is 9.62. The zero-order chi connectivity index (χ0) is 25.1. The van der Waals surface area contributed by atoms with Crippen LogP contribution in [0.3, 0.4) is 0 Å². The SMILES string of the molecule is C#CCOc1cnc(C(=O)Cc2cc(C)c(F)c([C@]3(CF)C[C@@H](C(F)(F)F)OC(N)=N3)c2)cn1. The van der Waals surface area contributed by atoms with E-state index in [-0.39, 0.29) is 35.7 Å². The summed E-state index contributed by atoms with van der Waals surface area (Å²) in [7, 11) is 0. The first-order valence-electron chi connectivity index (χ1n) is 9.84. The first-order valence-corrected chi connectivity index (χ1v) is 9.84. The van der Waals surface area contributed by atoms with Gasteiger partial charge in [0.15, 0.2) is 18.5 Å². The van der Waals surface area contributed by atoms with Crippen molar-refractivity contribution in [2.24, 2.45) is 10.7 Å². The summed E-state index contributed by atoms with van der Waals surface area (Å²) < 4.78 is 78.7. The molecule has 34 heavy (non-hydrogen) atoms. The Hall–Kier alpha value is -3.75. The lowest BCUT2D eigenvalue weighted by Gasteiger charge is -2.37. The predicted molar refractivity (Wildman–Crippen MR) is 110 cm³/mol. The molecule has 1 aliphatic heterocycles. The summed E-state index contributed by atoms with van der Waals surface area (Å²) in [5.41, 5.74) is 2.82. The summed E-state index contributed by atoms with van der Waals surface area (Å²) in [6.07, 6.45) is -1.26.